The third kappa shape index (κ3) is 4.18. The highest BCUT2D eigenvalue weighted by Gasteiger charge is 2.16. The van der Waals surface area contributed by atoms with E-state index in [4.69, 9.17) is 16.7 Å². The molecule has 0 amide bonds. The molecule has 0 aliphatic rings. The van der Waals surface area contributed by atoms with Crippen molar-refractivity contribution in [3.05, 3.63) is 39.6 Å². The molecule has 0 atom stereocenters. The van der Waals surface area contributed by atoms with E-state index in [1.54, 1.807) is 13.0 Å². The van der Waals surface area contributed by atoms with Gasteiger partial charge in [0.15, 0.2) is 0 Å². The number of nitriles is 1. The third-order valence-corrected chi connectivity index (χ3v) is 3.74. The molecule has 0 fully saturated rings. The summed E-state index contributed by atoms with van der Waals surface area (Å²) < 4.78 is 24.6. The van der Waals surface area contributed by atoms with Crippen molar-refractivity contribution in [3.8, 4) is 6.07 Å². The van der Waals surface area contributed by atoms with E-state index < -0.39 is 6.43 Å². The Labute approximate surface area is 148 Å². The fourth-order valence-electron chi connectivity index (χ4n) is 2.36. The highest BCUT2D eigenvalue weighted by atomic mass is 19.3. The fourth-order valence-corrected chi connectivity index (χ4v) is 2.36. The van der Waals surface area contributed by atoms with Crippen molar-refractivity contribution in [1.29, 1.82) is 5.26 Å². The molecule has 0 aliphatic heterocycles. The third-order valence-electron chi connectivity index (χ3n) is 3.74. The maximum atomic E-state index is 12.3. The lowest BCUT2D eigenvalue weighted by Gasteiger charge is -2.13. The largest absolute Gasteiger partial charge is 0.397 e. The molecule has 0 saturated carbocycles. The van der Waals surface area contributed by atoms with E-state index >= 15 is 0 Å². The zero-order valence-corrected chi connectivity index (χ0v) is 14.0. The van der Waals surface area contributed by atoms with Gasteiger partial charge in [0.25, 0.3) is 0 Å². The number of nitrogens with one attached hydrogen (secondary N) is 1. The minimum atomic E-state index is -2.45. The van der Waals surface area contributed by atoms with E-state index in [0.29, 0.717) is 17.0 Å². The van der Waals surface area contributed by atoms with Gasteiger partial charge in [0.2, 0.25) is 12.2 Å². The number of anilines is 3. The summed E-state index contributed by atoms with van der Waals surface area (Å²) in [6.45, 7) is 1.64. The lowest BCUT2D eigenvalue weighted by atomic mass is 10.0. The molecule has 136 valence electrons. The molecule has 10 heteroatoms. The number of nitrogens with zero attached hydrogens (tertiary/aromatic N) is 4. The SMILES string of the molecule is Cc1nc(N=O)c(N)c(N)c1Cc1ccc(C#N)c(NCCC(F)F)n1. The van der Waals surface area contributed by atoms with Crippen LogP contribution in [-0.4, -0.2) is 22.9 Å². The van der Waals surface area contributed by atoms with Crippen LogP contribution >= 0.6 is 0 Å². The van der Waals surface area contributed by atoms with Crippen LogP contribution in [0.25, 0.3) is 0 Å². The van der Waals surface area contributed by atoms with Gasteiger partial charge in [0.1, 0.15) is 17.6 Å². The molecular weight excluding hydrogens is 344 g/mol. The first-order valence-corrected chi connectivity index (χ1v) is 7.67. The van der Waals surface area contributed by atoms with Crippen molar-refractivity contribution in [1.82, 2.24) is 9.97 Å². The second kappa shape index (κ2) is 8.15. The predicted octanol–water partition coefficient (Wildman–Crippen LogP) is 2.88. The molecule has 8 nitrogen and oxygen atoms in total. The maximum absolute atomic E-state index is 12.3. The van der Waals surface area contributed by atoms with Crippen LogP contribution < -0.4 is 16.8 Å². The van der Waals surface area contributed by atoms with Crippen LogP contribution in [0.2, 0.25) is 0 Å². The van der Waals surface area contributed by atoms with Gasteiger partial charge in [-0.1, -0.05) is 0 Å². The Morgan fingerprint density at radius 1 is 1.31 bits per heavy atom. The molecule has 2 aromatic heterocycles. The number of rotatable bonds is 7. The summed E-state index contributed by atoms with van der Waals surface area (Å²) in [6, 6.07) is 5.12. The van der Waals surface area contributed by atoms with Crippen LogP contribution in [0, 0.1) is 23.2 Å². The van der Waals surface area contributed by atoms with E-state index in [1.807, 2.05) is 6.07 Å². The lowest BCUT2D eigenvalue weighted by Crippen LogP contribution is -2.11. The molecule has 2 rings (SSSR count). The molecule has 0 aliphatic carbocycles. The number of pyridine rings is 2. The fraction of sp³-hybridized carbons (Fsp3) is 0.312. The number of nitrogens with two attached hydrogens (primary N) is 2. The number of halogens is 2. The highest BCUT2D eigenvalue weighted by molar-refractivity contribution is 5.77. The Bertz CT molecular complexity index is 865. The minimum Gasteiger partial charge on any atom is -0.397 e. The van der Waals surface area contributed by atoms with Crippen molar-refractivity contribution in [3.63, 3.8) is 0 Å². The number of hydrogen-bond donors (Lipinski definition) is 3. The van der Waals surface area contributed by atoms with Gasteiger partial charge in [-0.3, -0.25) is 0 Å². The summed E-state index contributed by atoms with van der Waals surface area (Å²) in [4.78, 5) is 19.0. The van der Waals surface area contributed by atoms with E-state index in [1.165, 1.54) is 6.07 Å². The van der Waals surface area contributed by atoms with Gasteiger partial charge in [-0.25, -0.2) is 18.7 Å². The van der Waals surface area contributed by atoms with E-state index in [2.05, 4.69) is 20.5 Å². The summed E-state index contributed by atoms with van der Waals surface area (Å²) in [5.74, 6) is 0.0416. The van der Waals surface area contributed by atoms with E-state index in [-0.39, 0.29) is 48.0 Å². The highest BCUT2D eigenvalue weighted by Crippen LogP contribution is 2.32. The van der Waals surface area contributed by atoms with Crippen molar-refractivity contribution < 1.29 is 8.78 Å². The Hall–Kier alpha value is -3.35. The van der Waals surface area contributed by atoms with Gasteiger partial charge in [-0.2, -0.15) is 5.26 Å². The van der Waals surface area contributed by atoms with Crippen LogP contribution in [0.1, 0.15) is 28.9 Å². The van der Waals surface area contributed by atoms with Gasteiger partial charge in [0.05, 0.1) is 11.3 Å². The molecule has 0 radical (unpaired) electrons. The normalized spacial score (nSPS) is 10.6. The average molecular weight is 361 g/mol. The smallest absolute Gasteiger partial charge is 0.240 e. The molecule has 0 saturated heterocycles. The monoisotopic (exact) mass is 361 g/mol. The topological polar surface area (TPSA) is 143 Å². The molecule has 0 unspecified atom stereocenters. The molecule has 0 bridgehead atoms. The summed E-state index contributed by atoms with van der Waals surface area (Å²) >= 11 is 0. The first kappa shape index (κ1) is 19.0. The zero-order valence-electron chi connectivity index (χ0n) is 14.0. The Kier molecular flexibility index (Phi) is 5.95. The summed E-state index contributed by atoms with van der Waals surface area (Å²) in [7, 11) is 0. The van der Waals surface area contributed by atoms with Crippen molar-refractivity contribution in [2.24, 2.45) is 5.18 Å². The lowest BCUT2D eigenvalue weighted by molar-refractivity contribution is 0.142. The second-order valence-corrected chi connectivity index (χ2v) is 5.51. The summed E-state index contributed by atoms with van der Waals surface area (Å²) in [6.07, 6.45) is -2.56. The van der Waals surface area contributed by atoms with Gasteiger partial charge in [0, 0.05) is 36.3 Å². The standard InChI is InChI=1S/C16H17F2N7O/c1-8-11(13(20)14(21)16(23-8)25-26)6-10-3-2-9(7-19)15(24-10)22-5-4-12(17)18/h2-3,12H,4-6,21H2,1H3,(H2,20,23)(H,22,24). The molecule has 26 heavy (non-hydrogen) atoms. The van der Waals surface area contributed by atoms with Gasteiger partial charge < -0.3 is 16.8 Å². The molecular formula is C16H17F2N7O. The van der Waals surface area contributed by atoms with Crippen LogP contribution in [-0.2, 0) is 6.42 Å². The molecule has 0 spiro atoms. The van der Waals surface area contributed by atoms with Crippen molar-refractivity contribution in [2.75, 3.05) is 23.3 Å². The van der Waals surface area contributed by atoms with Gasteiger partial charge in [-0.15, -0.1) is 4.91 Å². The maximum Gasteiger partial charge on any atom is 0.240 e. The molecule has 2 heterocycles. The first-order chi connectivity index (χ1) is 12.4. The summed E-state index contributed by atoms with van der Waals surface area (Å²) in [5.41, 5.74) is 13.7. The second-order valence-electron chi connectivity index (χ2n) is 5.51. The number of aryl methyl sites for hydroxylation is 1. The first-order valence-electron chi connectivity index (χ1n) is 7.67. The molecule has 2 aromatic rings. The van der Waals surface area contributed by atoms with E-state index in [0.717, 1.165) is 0 Å². The Morgan fingerprint density at radius 3 is 2.65 bits per heavy atom. The number of alkyl halides is 2. The number of nitrogen functional groups attached to an aromatic ring is 2. The van der Waals surface area contributed by atoms with Crippen molar-refractivity contribution >= 4 is 23.0 Å². The minimum absolute atomic E-state index is 0.00970. The van der Waals surface area contributed by atoms with Crippen LogP contribution in [0.4, 0.5) is 31.8 Å². The van der Waals surface area contributed by atoms with Crippen LogP contribution in [0.3, 0.4) is 0 Å². The Morgan fingerprint density at radius 2 is 2.04 bits per heavy atom. The predicted molar refractivity (Wildman–Crippen MR) is 94.1 cm³/mol. The van der Waals surface area contributed by atoms with E-state index in [9.17, 15) is 13.7 Å². The zero-order chi connectivity index (χ0) is 19.3. The van der Waals surface area contributed by atoms with Gasteiger partial charge in [-0.05, 0) is 24.2 Å². The number of nitroso groups, excluding NO2 is 1. The summed E-state index contributed by atoms with van der Waals surface area (Å²) in [5, 5.41) is 14.6. The van der Waals surface area contributed by atoms with Gasteiger partial charge >= 0.3 is 0 Å². The average Bonchev–Trinajstić information content (AvgIpc) is 2.61. The molecule has 5 N–H and O–H groups in total. The van der Waals surface area contributed by atoms with Crippen LogP contribution in [0.15, 0.2) is 17.3 Å². The number of hydrogen-bond acceptors (Lipinski definition) is 8. The Balaban J connectivity index is 2.32. The van der Waals surface area contributed by atoms with Crippen molar-refractivity contribution in [2.45, 2.75) is 26.2 Å². The quantitative estimate of drug-likeness (QED) is 0.643. The number of aromatic nitrogens is 2. The molecule has 0 aromatic carbocycles. The van der Waals surface area contributed by atoms with Crippen LogP contribution in [0.5, 0.6) is 0 Å².